The number of hydrogen-bond acceptors (Lipinski definition) is 2. The van der Waals surface area contributed by atoms with E-state index in [4.69, 9.17) is 4.74 Å². The lowest BCUT2D eigenvalue weighted by Gasteiger charge is -2.28. The van der Waals surface area contributed by atoms with Crippen molar-refractivity contribution in [3.63, 3.8) is 0 Å². The lowest BCUT2D eigenvalue weighted by Crippen LogP contribution is -2.26. The highest BCUT2D eigenvalue weighted by molar-refractivity contribution is 5.32. The summed E-state index contributed by atoms with van der Waals surface area (Å²) in [4.78, 5) is 0. The number of rotatable bonds is 3. The summed E-state index contributed by atoms with van der Waals surface area (Å²) in [6.07, 6.45) is 6.99. The van der Waals surface area contributed by atoms with Crippen LogP contribution in [0.15, 0.2) is 24.3 Å². The van der Waals surface area contributed by atoms with Gasteiger partial charge in [-0.2, -0.15) is 0 Å². The summed E-state index contributed by atoms with van der Waals surface area (Å²) in [5.41, 5.74) is 0.908. The van der Waals surface area contributed by atoms with Crippen LogP contribution in [0.1, 0.15) is 37.7 Å². The Hall–Kier alpha value is -1.02. The van der Waals surface area contributed by atoms with Gasteiger partial charge in [0.05, 0.1) is 12.7 Å². The predicted molar refractivity (Wildman–Crippen MR) is 66.8 cm³/mol. The summed E-state index contributed by atoms with van der Waals surface area (Å²) >= 11 is 0. The van der Waals surface area contributed by atoms with Crippen LogP contribution in [0.2, 0.25) is 0 Å². The van der Waals surface area contributed by atoms with Crippen LogP contribution in [0, 0.1) is 11.8 Å². The fraction of sp³-hybridized carbons (Fsp3) is 0.600. The second-order valence-electron chi connectivity index (χ2n) is 5.52. The van der Waals surface area contributed by atoms with Crippen molar-refractivity contribution in [2.75, 3.05) is 0 Å². The van der Waals surface area contributed by atoms with Gasteiger partial charge in [-0.1, -0.05) is 31.0 Å². The molecule has 0 aromatic heterocycles. The van der Waals surface area contributed by atoms with Crippen molar-refractivity contribution in [3.05, 3.63) is 29.8 Å². The summed E-state index contributed by atoms with van der Waals surface area (Å²) in [6.45, 7) is 0.0652. The number of fused-ring (bicyclic) bond motifs is 2. The Balaban J connectivity index is 1.70. The maximum Gasteiger partial charge on any atom is 0.125 e. The van der Waals surface area contributed by atoms with Crippen LogP contribution in [0.25, 0.3) is 0 Å². The minimum absolute atomic E-state index is 0.0652. The van der Waals surface area contributed by atoms with E-state index in [1.807, 2.05) is 24.3 Å². The number of hydrogen-bond donors (Lipinski definition) is 1. The number of para-hydroxylation sites is 1. The first kappa shape index (κ1) is 11.1. The van der Waals surface area contributed by atoms with E-state index < -0.39 is 0 Å². The molecule has 2 nitrogen and oxygen atoms in total. The molecule has 0 spiro atoms. The number of benzene rings is 1. The lowest BCUT2D eigenvalue weighted by atomic mass is 9.87. The quantitative estimate of drug-likeness (QED) is 0.867. The van der Waals surface area contributed by atoms with Gasteiger partial charge in [-0.25, -0.2) is 0 Å². The lowest BCUT2D eigenvalue weighted by molar-refractivity contribution is 0.115. The van der Waals surface area contributed by atoms with Gasteiger partial charge in [0.25, 0.3) is 0 Å². The van der Waals surface area contributed by atoms with Crippen molar-refractivity contribution in [2.24, 2.45) is 11.8 Å². The van der Waals surface area contributed by atoms with Crippen molar-refractivity contribution in [2.45, 2.75) is 44.8 Å². The first-order chi connectivity index (χ1) is 8.35. The Bertz CT molecular complexity index is 376. The molecule has 0 heterocycles. The van der Waals surface area contributed by atoms with E-state index in [2.05, 4.69) is 0 Å². The van der Waals surface area contributed by atoms with Gasteiger partial charge in [0.15, 0.2) is 0 Å². The van der Waals surface area contributed by atoms with Gasteiger partial charge < -0.3 is 9.84 Å². The standard InChI is InChI=1S/C15H20O2/c16-10-13-3-1-2-4-15(13)17-14-8-11-5-6-12(7-11)9-14/h1-4,11-12,14,16H,5-10H2/t11-,12+,14?. The Morgan fingerprint density at radius 3 is 2.47 bits per heavy atom. The SMILES string of the molecule is OCc1ccccc1OC1C[C@H]2CC[C@@H](C1)C2. The Kier molecular flexibility index (Phi) is 3.06. The highest BCUT2D eigenvalue weighted by Gasteiger charge is 2.35. The molecular weight excluding hydrogens is 212 g/mol. The van der Waals surface area contributed by atoms with Crippen LogP contribution in [0.3, 0.4) is 0 Å². The van der Waals surface area contributed by atoms with Crippen molar-refractivity contribution < 1.29 is 9.84 Å². The van der Waals surface area contributed by atoms with Crippen molar-refractivity contribution in [3.8, 4) is 5.75 Å². The third kappa shape index (κ3) is 2.32. The maximum absolute atomic E-state index is 9.28. The minimum atomic E-state index is 0.0652. The molecule has 1 aromatic carbocycles. The zero-order chi connectivity index (χ0) is 11.7. The van der Waals surface area contributed by atoms with Crippen LogP contribution < -0.4 is 4.74 Å². The molecule has 2 aliphatic rings. The van der Waals surface area contributed by atoms with Crippen molar-refractivity contribution in [1.82, 2.24) is 0 Å². The fourth-order valence-corrected chi connectivity index (χ4v) is 3.47. The molecule has 92 valence electrons. The molecule has 1 aromatic rings. The Morgan fingerprint density at radius 2 is 1.76 bits per heavy atom. The van der Waals surface area contributed by atoms with Gasteiger partial charge in [-0.3, -0.25) is 0 Å². The average Bonchev–Trinajstić information content (AvgIpc) is 2.69. The first-order valence-electron chi connectivity index (χ1n) is 6.70. The molecule has 17 heavy (non-hydrogen) atoms. The molecule has 2 saturated carbocycles. The monoisotopic (exact) mass is 232 g/mol. The largest absolute Gasteiger partial charge is 0.490 e. The summed E-state index contributed by atoms with van der Waals surface area (Å²) < 4.78 is 6.10. The Labute approximate surface area is 103 Å². The summed E-state index contributed by atoms with van der Waals surface area (Å²) in [7, 11) is 0. The third-order valence-electron chi connectivity index (χ3n) is 4.28. The van der Waals surface area contributed by atoms with Gasteiger partial charge >= 0.3 is 0 Å². The maximum atomic E-state index is 9.28. The number of aliphatic hydroxyl groups excluding tert-OH is 1. The Morgan fingerprint density at radius 1 is 1.06 bits per heavy atom. The number of aliphatic hydroxyl groups is 1. The molecule has 1 unspecified atom stereocenters. The van der Waals surface area contributed by atoms with Crippen molar-refractivity contribution >= 4 is 0 Å². The highest BCUT2D eigenvalue weighted by atomic mass is 16.5. The zero-order valence-corrected chi connectivity index (χ0v) is 10.1. The molecular formula is C15H20O2. The van der Waals surface area contributed by atoms with Gasteiger partial charge in [0.1, 0.15) is 5.75 Å². The molecule has 2 fully saturated rings. The van der Waals surface area contributed by atoms with Gasteiger partial charge in [-0.15, -0.1) is 0 Å². The van der Waals surface area contributed by atoms with E-state index in [0.29, 0.717) is 6.10 Å². The van der Waals surface area contributed by atoms with E-state index in [0.717, 1.165) is 23.1 Å². The molecule has 0 aliphatic heterocycles. The smallest absolute Gasteiger partial charge is 0.125 e. The van der Waals surface area contributed by atoms with Crippen LogP contribution in [0.4, 0.5) is 0 Å². The van der Waals surface area contributed by atoms with Gasteiger partial charge in [0, 0.05) is 5.56 Å². The molecule has 0 amide bonds. The minimum Gasteiger partial charge on any atom is -0.490 e. The van der Waals surface area contributed by atoms with E-state index in [-0.39, 0.29) is 6.61 Å². The molecule has 0 radical (unpaired) electrons. The summed E-state index contributed by atoms with van der Waals surface area (Å²) in [5, 5.41) is 9.28. The molecule has 2 bridgehead atoms. The molecule has 1 N–H and O–H groups in total. The molecule has 0 saturated heterocycles. The van der Waals surface area contributed by atoms with Crippen LogP contribution in [-0.4, -0.2) is 11.2 Å². The number of ether oxygens (including phenoxy) is 1. The summed E-state index contributed by atoms with van der Waals surface area (Å²) in [5.74, 6) is 2.65. The van der Waals surface area contributed by atoms with Gasteiger partial charge in [-0.05, 0) is 37.2 Å². The normalized spacial score (nSPS) is 31.5. The molecule has 3 rings (SSSR count). The van der Waals surface area contributed by atoms with Gasteiger partial charge in [0.2, 0.25) is 0 Å². The second kappa shape index (κ2) is 4.69. The average molecular weight is 232 g/mol. The summed E-state index contributed by atoms with van der Waals surface area (Å²) in [6, 6.07) is 7.84. The van der Waals surface area contributed by atoms with Crippen LogP contribution >= 0.6 is 0 Å². The third-order valence-corrected chi connectivity index (χ3v) is 4.28. The van der Waals surface area contributed by atoms with E-state index in [1.54, 1.807) is 0 Å². The van der Waals surface area contributed by atoms with Crippen molar-refractivity contribution in [1.29, 1.82) is 0 Å². The van der Waals surface area contributed by atoms with Crippen LogP contribution in [-0.2, 0) is 6.61 Å². The zero-order valence-electron chi connectivity index (χ0n) is 10.1. The molecule has 2 aliphatic carbocycles. The van der Waals surface area contributed by atoms with E-state index in [9.17, 15) is 5.11 Å². The van der Waals surface area contributed by atoms with E-state index >= 15 is 0 Å². The topological polar surface area (TPSA) is 29.5 Å². The fourth-order valence-electron chi connectivity index (χ4n) is 3.47. The van der Waals surface area contributed by atoms with E-state index in [1.165, 1.54) is 32.1 Å². The highest BCUT2D eigenvalue weighted by Crippen LogP contribution is 2.43. The predicted octanol–water partition coefficient (Wildman–Crippen LogP) is 3.14. The first-order valence-corrected chi connectivity index (χ1v) is 6.70. The molecule has 2 heteroatoms. The molecule has 3 atom stereocenters. The second-order valence-corrected chi connectivity index (χ2v) is 5.52. The van der Waals surface area contributed by atoms with Crippen LogP contribution in [0.5, 0.6) is 5.75 Å².